The van der Waals surface area contributed by atoms with Crippen molar-refractivity contribution in [1.29, 1.82) is 0 Å². The highest BCUT2D eigenvalue weighted by Gasteiger charge is 2.07. The van der Waals surface area contributed by atoms with Gasteiger partial charge in [0.15, 0.2) is 0 Å². The zero-order valence-electron chi connectivity index (χ0n) is 9.49. The predicted octanol–water partition coefficient (Wildman–Crippen LogP) is 1.34. The number of aromatic nitrogens is 1. The number of rotatable bonds is 4. The van der Waals surface area contributed by atoms with Gasteiger partial charge >= 0.3 is 0 Å². The van der Waals surface area contributed by atoms with Crippen molar-refractivity contribution in [1.82, 2.24) is 4.57 Å². The number of aryl methyl sites for hydroxylation is 1. The van der Waals surface area contributed by atoms with Gasteiger partial charge in [0.1, 0.15) is 0 Å². The lowest BCUT2D eigenvalue weighted by molar-refractivity contribution is 0.180. The fourth-order valence-electron chi connectivity index (χ4n) is 1.43. The van der Waals surface area contributed by atoms with Gasteiger partial charge in [-0.1, -0.05) is 0 Å². The van der Waals surface area contributed by atoms with Crippen LogP contribution >= 0.6 is 0 Å². The van der Waals surface area contributed by atoms with Gasteiger partial charge in [-0.2, -0.15) is 0 Å². The largest absolute Gasteiger partial charge is 0.397 e. The predicted molar refractivity (Wildman–Crippen MR) is 61.1 cm³/mol. The van der Waals surface area contributed by atoms with Crippen molar-refractivity contribution in [2.75, 3.05) is 19.5 Å². The molecule has 4 heteroatoms. The zero-order valence-corrected chi connectivity index (χ0v) is 9.49. The van der Waals surface area contributed by atoms with Gasteiger partial charge in [0.2, 0.25) is 0 Å². The smallest absolute Gasteiger partial charge is 0.251 e. The SMILES string of the molecule is COCCC(C)n1cc(N)c(C)cc1=O. The quantitative estimate of drug-likeness (QED) is 0.815. The normalized spacial score (nSPS) is 12.7. The molecular weight excluding hydrogens is 192 g/mol. The van der Waals surface area contributed by atoms with Crippen LogP contribution in [0.2, 0.25) is 0 Å². The van der Waals surface area contributed by atoms with Crippen LogP contribution < -0.4 is 11.3 Å². The minimum absolute atomic E-state index is 0.00898. The first-order chi connectivity index (χ1) is 7.06. The Balaban J connectivity index is 2.94. The molecule has 0 aromatic carbocycles. The summed E-state index contributed by atoms with van der Waals surface area (Å²) in [4.78, 5) is 11.7. The topological polar surface area (TPSA) is 57.2 Å². The second-order valence-corrected chi connectivity index (χ2v) is 3.79. The van der Waals surface area contributed by atoms with E-state index in [1.807, 2.05) is 13.8 Å². The van der Waals surface area contributed by atoms with Gasteiger partial charge in [-0.05, 0) is 25.8 Å². The summed E-state index contributed by atoms with van der Waals surface area (Å²) < 4.78 is 6.64. The van der Waals surface area contributed by atoms with Gasteiger partial charge in [-0.15, -0.1) is 0 Å². The van der Waals surface area contributed by atoms with Gasteiger partial charge in [-0.3, -0.25) is 4.79 Å². The van der Waals surface area contributed by atoms with E-state index in [0.717, 1.165) is 12.0 Å². The van der Waals surface area contributed by atoms with E-state index in [2.05, 4.69) is 0 Å². The molecule has 2 N–H and O–H groups in total. The number of nitrogens with two attached hydrogens (primary N) is 1. The lowest BCUT2D eigenvalue weighted by Crippen LogP contribution is -2.24. The van der Waals surface area contributed by atoms with Gasteiger partial charge in [0.05, 0.1) is 5.69 Å². The molecule has 0 aliphatic heterocycles. The van der Waals surface area contributed by atoms with E-state index >= 15 is 0 Å². The van der Waals surface area contributed by atoms with Crippen LogP contribution in [0.15, 0.2) is 17.1 Å². The summed E-state index contributed by atoms with van der Waals surface area (Å²) in [7, 11) is 1.65. The van der Waals surface area contributed by atoms with Crippen molar-refractivity contribution in [3.05, 3.63) is 28.2 Å². The van der Waals surface area contributed by atoms with E-state index < -0.39 is 0 Å². The number of nitrogens with zero attached hydrogens (tertiary/aromatic N) is 1. The number of hydrogen-bond acceptors (Lipinski definition) is 3. The van der Waals surface area contributed by atoms with E-state index in [-0.39, 0.29) is 11.6 Å². The van der Waals surface area contributed by atoms with Crippen LogP contribution in [-0.4, -0.2) is 18.3 Å². The molecule has 4 nitrogen and oxygen atoms in total. The Kier molecular flexibility index (Phi) is 3.91. The molecular formula is C11H18N2O2. The molecule has 1 aromatic rings. The monoisotopic (exact) mass is 210 g/mol. The molecule has 0 saturated carbocycles. The molecule has 0 amide bonds. The first-order valence-electron chi connectivity index (χ1n) is 5.03. The van der Waals surface area contributed by atoms with E-state index in [9.17, 15) is 4.79 Å². The van der Waals surface area contributed by atoms with E-state index in [1.54, 1.807) is 23.9 Å². The van der Waals surface area contributed by atoms with Crippen LogP contribution in [0.4, 0.5) is 5.69 Å². The van der Waals surface area contributed by atoms with Crippen LogP contribution in [-0.2, 0) is 4.74 Å². The molecule has 0 spiro atoms. The third kappa shape index (κ3) is 2.83. The molecule has 0 aliphatic carbocycles. The second kappa shape index (κ2) is 4.98. The fourth-order valence-corrected chi connectivity index (χ4v) is 1.43. The maximum absolute atomic E-state index is 11.7. The number of nitrogen functional groups attached to an aromatic ring is 1. The zero-order chi connectivity index (χ0) is 11.4. The summed E-state index contributed by atoms with van der Waals surface area (Å²) in [5, 5.41) is 0. The van der Waals surface area contributed by atoms with Gasteiger partial charge in [0.25, 0.3) is 5.56 Å². The fraction of sp³-hybridized carbons (Fsp3) is 0.545. The van der Waals surface area contributed by atoms with E-state index in [0.29, 0.717) is 12.3 Å². The average Bonchev–Trinajstić information content (AvgIpc) is 2.20. The number of pyridine rings is 1. The van der Waals surface area contributed by atoms with Crippen molar-refractivity contribution < 1.29 is 4.74 Å². The van der Waals surface area contributed by atoms with Crippen LogP contribution in [0, 0.1) is 6.92 Å². The molecule has 1 aromatic heterocycles. The molecule has 84 valence electrons. The molecule has 0 aliphatic rings. The highest BCUT2D eigenvalue weighted by atomic mass is 16.5. The number of hydrogen-bond donors (Lipinski definition) is 1. The third-order valence-corrected chi connectivity index (χ3v) is 2.54. The summed E-state index contributed by atoms with van der Waals surface area (Å²) in [6, 6.07) is 1.68. The van der Waals surface area contributed by atoms with E-state index in [1.165, 1.54) is 0 Å². The summed E-state index contributed by atoms with van der Waals surface area (Å²) in [6.07, 6.45) is 2.51. The Bertz CT molecular complexity index is 385. The second-order valence-electron chi connectivity index (χ2n) is 3.79. The number of ether oxygens (including phenoxy) is 1. The Morgan fingerprint density at radius 2 is 2.27 bits per heavy atom. The first kappa shape index (κ1) is 11.8. The summed E-state index contributed by atoms with van der Waals surface area (Å²) in [5.41, 5.74) is 7.24. The first-order valence-corrected chi connectivity index (χ1v) is 5.03. The number of anilines is 1. The lowest BCUT2D eigenvalue weighted by atomic mass is 10.2. The molecule has 0 fully saturated rings. The van der Waals surface area contributed by atoms with Crippen molar-refractivity contribution in [2.45, 2.75) is 26.3 Å². The van der Waals surface area contributed by atoms with Crippen molar-refractivity contribution in [2.24, 2.45) is 0 Å². The molecule has 0 saturated heterocycles. The minimum Gasteiger partial charge on any atom is -0.397 e. The molecule has 1 unspecified atom stereocenters. The molecule has 0 bridgehead atoms. The Labute approximate surface area is 89.7 Å². The minimum atomic E-state index is -0.00898. The Morgan fingerprint density at radius 3 is 2.87 bits per heavy atom. The maximum Gasteiger partial charge on any atom is 0.251 e. The molecule has 15 heavy (non-hydrogen) atoms. The van der Waals surface area contributed by atoms with Gasteiger partial charge in [0, 0.05) is 32.0 Å². The summed E-state index contributed by atoms with van der Waals surface area (Å²) in [5.74, 6) is 0. The Hall–Kier alpha value is -1.29. The van der Waals surface area contributed by atoms with Crippen molar-refractivity contribution in [3.8, 4) is 0 Å². The van der Waals surface area contributed by atoms with Gasteiger partial charge < -0.3 is 15.0 Å². The summed E-state index contributed by atoms with van der Waals surface area (Å²) in [6.45, 7) is 4.46. The maximum atomic E-state index is 11.7. The molecule has 1 heterocycles. The number of methoxy groups -OCH3 is 1. The third-order valence-electron chi connectivity index (χ3n) is 2.54. The lowest BCUT2D eigenvalue weighted by Gasteiger charge is -2.15. The van der Waals surface area contributed by atoms with Crippen LogP contribution in [0.5, 0.6) is 0 Å². The highest BCUT2D eigenvalue weighted by Crippen LogP contribution is 2.12. The van der Waals surface area contributed by atoms with Gasteiger partial charge in [-0.25, -0.2) is 0 Å². The van der Waals surface area contributed by atoms with Crippen LogP contribution in [0.3, 0.4) is 0 Å². The molecule has 0 radical (unpaired) electrons. The summed E-state index contributed by atoms with van der Waals surface area (Å²) >= 11 is 0. The highest BCUT2D eigenvalue weighted by molar-refractivity contribution is 5.43. The standard InChI is InChI=1S/C11H18N2O2/c1-8-6-11(14)13(7-10(8)12)9(2)4-5-15-3/h6-7,9H,4-5,12H2,1-3H3. The van der Waals surface area contributed by atoms with Crippen molar-refractivity contribution >= 4 is 5.69 Å². The average molecular weight is 210 g/mol. The van der Waals surface area contributed by atoms with Crippen LogP contribution in [0.1, 0.15) is 24.9 Å². The molecule has 1 atom stereocenters. The van der Waals surface area contributed by atoms with E-state index in [4.69, 9.17) is 10.5 Å². The molecule has 1 rings (SSSR count). The van der Waals surface area contributed by atoms with Crippen molar-refractivity contribution in [3.63, 3.8) is 0 Å². The van der Waals surface area contributed by atoms with Crippen LogP contribution in [0.25, 0.3) is 0 Å². The Morgan fingerprint density at radius 1 is 1.60 bits per heavy atom.